The largest absolute Gasteiger partial charge is 0.478 e. The van der Waals surface area contributed by atoms with Crippen molar-refractivity contribution in [2.24, 2.45) is 0 Å². The Labute approximate surface area is 122 Å². The van der Waals surface area contributed by atoms with E-state index in [-0.39, 0.29) is 12.2 Å². The zero-order chi connectivity index (χ0) is 15.7. The van der Waals surface area contributed by atoms with Crippen molar-refractivity contribution in [3.8, 4) is 0 Å². The van der Waals surface area contributed by atoms with Gasteiger partial charge in [0, 0.05) is 6.61 Å². The Hall–Kier alpha value is -1.51. The van der Waals surface area contributed by atoms with Crippen LogP contribution in [0.1, 0.15) is 30.1 Å². The Bertz CT molecular complexity index is 653. The molecule has 8 heteroatoms. The molecule has 1 aliphatic heterocycles. The first-order valence-corrected chi connectivity index (χ1v) is 7.86. The zero-order valence-corrected chi connectivity index (χ0v) is 12.2. The Morgan fingerprint density at radius 1 is 1.48 bits per heavy atom. The summed E-state index contributed by atoms with van der Waals surface area (Å²) in [4.78, 5) is 10.2. The molecule has 1 atom stereocenters. The maximum Gasteiger partial charge on any atom is 0.335 e. The van der Waals surface area contributed by atoms with Crippen LogP contribution in [0.3, 0.4) is 0 Å². The highest BCUT2D eigenvalue weighted by atomic mass is 32.2. The SMILES string of the molecule is CC1(NS(=O)(=O)c2ccc(C(=O)O)cc2F)CCCOC1. The fourth-order valence-electron chi connectivity index (χ4n) is 2.25. The molecule has 1 aromatic carbocycles. The molecule has 2 N–H and O–H groups in total. The molecular weight excluding hydrogens is 301 g/mol. The molecule has 1 aromatic rings. The molecule has 1 heterocycles. The minimum atomic E-state index is -4.09. The van der Waals surface area contributed by atoms with Gasteiger partial charge in [-0.3, -0.25) is 0 Å². The number of halogens is 1. The number of nitrogens with one attached hydrogen (secondary N) is 1. The monoisotopic (exact) mass is 317 g/mol. The average molecular weight is 317 g/mol. The highest BCUT2D eigenvalue weighted by Gasteiger charge is 2.34. The fraction of sp³-hybridized carbons (Fsp3) is 0.462. The standard InChI is InChI=1S/C13H16FNO5S/c1-13(5-2-6-20-8-13)15-21(18,19)11-4-3-9(12(16)17)7-10(11)14/h3-4,7,15H,2,5-6,8H2,1H3,(H,16,17). The van der Waals surface area contributed by atoms with Gasteiger partial charge in [-0.05, 0) is 38.0 Å². The van der Waals surface area contributed by atoms with Crippen molar-refractivity contribution < 1.29 is 27.4 Å². The molecule has 0 bridgehead atoms. The Balaban J connectivity index is 2.29. The van der Waals surface area contributed by atoms with Crippen molar-refractivity contribution >= 4 is 16.0 Å². The maximum atomic E-state index is 13.9. The van der Waals surface area contributed by atoms with Crippen LogP contribution in [0.25, 0.3) is 0 Å². The van der Waals surface area contributed by atoms with Gasteiger partial charge in [0.2, 0.25) is 10.0 Å². The van der Waals surface area contributed by atoms with E-state index in [1.807, 2.05) is 0 Å². The Morgan fingerprint density at radius 2 is 2.19 bits per heavy atom. The molecule has 1 fully saturated rings. The molecule has 21 heavy (non-hydrogen) atoms. The van der Waals surface area contributed by atoms with E-state index in [2.05, 4.69) is 4.72 Å². The smallest absolute Gasteiger partial charge is 0.335 e. The van der Waals surface area contributed by atoms with Crippen molar-refractivity contribution in [2.75, 3.05) is 13.2 Å². The van der Waals surface area contributed by atoms with Crippen LogP contribution < -0.4 is 4.72 Å². The van der Waals surface area contributed by atoms with Crippen LogP contribution in [0, 0.1) is 5.82 Å². The highest BCUT2D eigenvalue weighted by Crippen LogP contribution is 2.23. The third-order valence-electron chi connectivity index (χ3n) is 3.29. The van der Waals surface area contributed by atoms with Gasteiger partial charge in [-0.1, -0.05) is 0 Å². The molecule has 0 spiro atoms. The second-order valence-corrected chi connectivity index (χ2v) is 6.92. The predicted octanol–water partition coefficient (Wildman–Crippen LogP) is 1.37. The lowest BCUT2D eigenvalue weighted by Crippen LogP contribution is -2.51. The summed E-state index contributed by atoms with van der Waals surface area (Å²) in [5.41, 5.74) is -1.10. The number of carboxylic acid groups (broad SMARTS) is 1. The number of benzene rings is 1. The van der Waals surface area contributed by atoms with Crippen LogP contribution in [-0.4, -0.2) is 38.2 Å². The molecule has 116 valence electrons. The third-order valence-corrected chi connectivity index (χ3v) is 4.96. The second kappa shape index (κ2) is 5.70. The quantitative estimate of drug-likeness (QED) is 0.875. The number of hydrogen-bond acceptors (Lipinski definition) is 4. The number of aromatic carboxylic acids is 1. The summed E-state index contributed by atoms with van der Waals surface area (Å²) in [6.45, 7) is 2.47. The summed E-state index contributed by atoms with van der Waals surface area (Å²) in [7, 11) is -4.09. The minimum Gasteiger partial charge on any atom is -0.478 e. The molecule has 0 radical (unpaired) electrons. The molecule has 0 saturated carbocycles. The number of hydrogen-bond donors (Lipinski definition) is 2. The van der Waals surface area contributed by atoms with Gasteiger partial charge in [0.25, 0.3) is 0 Å². The van der Waals surface area contributed by atoms with E-state index in [1.54, 1.807) is 6.92 Å². The van der Waals surface area contributed by atoms with E-state index >= 15 is 0 Å². The first kappa shape index (κ1) is 15.9. The third kappa shape index (κ3) is 3.58. The lowest BCUT2D eigenvalue weighted by atomic mass is 9.97. The summed E-state index contributed by atoms with van der Waals surface area (Å²) in [5, 5.41) is 8.76. The molecule has 0 aliphatic carbocycles. The van der Waals surface area contributed by atoms with Crippen LogP contribution >= 0.6 is 0 Å². The van der Waals surface area contributed by atoms with E-state index in [1.165, 1.54) is 0 Å². The molecule has 0 aromatic heterocycles. The number of carbonyl (C=O) groups is 1. The highest BCUT2D eigenvalue weighted by molar-refractivity contribution is 7.89. The van der Waals surface area contributed by atoms with Crippen molar-refractivity contribution in [3.05, 3.63) is 29.6 Å². The van der Waals surface area contributed by atoms with Gasteiger partial charge in [0.05, 0.1) is 17.7 Å². The Kier molecular flexibility index (Phi) is 4.31. The fourth-order valence-corrected chi connectivity index (χ4v) is 3.73. The first-order valence-electron chi connectivity index (χ1n) is 6.38. The van der Waals surface area contributed by atoms with Crippen LogP contribution in [0.2, 0.25) is 0 Å². The lowest BCUT2D eigenvalue weighted by Gasteiger charge is -2.33. The maximum absolute atomic E-state index is 13.9. The van der Waals surface area contributed by atoms with Crippen LogP contribution in [0.15, 0.2) is 23.1 Å². The van der Waals surface area contributed by atoms with Gasteiger partial charge in [0.1, 0.15) is 10.7 Å². The van der Waals surface area contributed by atoms with Gasteiger partial charge in [0.15, 0.2) is 0 Å². The lowest BCUT2D eigenvalue weighted by molar-refractivity contribution is 0.0386. The van der Waals surface area contributed by atoms with Crippen LogP contribution in [-0.2, 0) is 14.8 Å². The summed E-state index contributed by atoms with van der Waals surface area (Å²) < 4.78 is 46.1. The first-order chi connectivity index (χ1) is 9.73. The number of ether oxygens (including phenoxy) is 1. The molecule has 1 unspecified atom stereocenters. The molecule has 0 amide bonds. The van der Waals surface area contributed by atoms with Crippen molar-refractivity contribution in [1.29, 1.82) is 0 Å². The van der Waals surface area contributed by atoms with Crippen molar-refractivity contribution in [2.45, 2.75) is 30.2 Å². The average Bonchev–Trinajstić information content (AvgIpc) is 2.37. The summed E-state index contributed by atoms with van der Waals surface area (Å²) in [5.74, 6) is -2.42. The number of carboxylic acids is 1. The van der Waals surface area contributed by atoms with Crippen LogP contribution in [0.5, 0.6) is 0 Å². The summed E-state index contributed by atoms with van der Waals surface area (Å²) in [6.07, 6.45) is 1.29. The molecular formula is C13H16FNO5S. The van der Waals surface area contributed by atoms with Gasteiger partial charge < -0.3 is 9.84 Å². The molecule has 2 rings (SSSR count). The van der Waals surface area contributed by atoms with Crippen molar-refractivity contribution in [1.82, 2.24) is 4.72 Å². The predicted molar refractivity (Wildman–Crippen MR) is 72.1 cm³/mol. The second-order valence-electron chi connectivity index (χ2n) is 5.27. The van der Waals surface area contributed by atoms with Crippen LogP contribution in [0.4, 0.5) is 4.39 Å². The van der Waals surface area contributed by atoms with Crippen molar-refractivity contribution in [3.63, 3.8) is 0 Å². The van der Waals surface area contributed by atoms with Gasteiger partial charge in [-0.2, -0.15) is 0 Å². The summed E-state index contributed by atoms with van der Waals surface area (Å²) >= 11 is 0. The van der Waals surface area contributed by atoms with E-state index in [0.29, 0.717) is 25.5 Å². The van der Waals surface area contributed by atoms with E-state index in [9.17, 15) is 17.6 Å². The summed E-state index contributed by atoms with van der Waals surface area (Å²) in [6, 6.07) is 2.70. The molecule has 1 aliphatic rings. The van der Waals surface area contributed by atoms with E-state index < -0.39 is 32.2 Å². The zero-order valence-electron chi connectivity index (χ0n) is 11.4. The van der Waals surface area contributed by atoms with E-state index in [0.717, 1.165) is 12.1 Å². The molecule has 1 saturated heterocycles. The Morgan fingerprint density at radius 3 is 2.71 bits per heavy atom. The molecule has 6 nitrogen and oxygen atoms in total. The van der Waals surface area contributed by atoms with Gasteiger partial charge in [-0.15, -0.1) is 0 Å². The number of rotatable bonds is 4. The minimum absolute atomic E-state index is 0.209. The van der Waals surface area contributed by atoms with Gasteiger partial charge >= 0.3 is 5.97 Å². The van der Waals surface area contributed by atoms with E-state index in [4.69, 9.17) is 9.84 Å². The normalized spacial score (nSPS) is 23.0. The number of sulfonamides is 1. The van der Waals surface area contributed by atoms with Gasteiger partial charge in [-0.25, -0.2) is 22.3 Å². The topological polar surface area (TPSA) is 92.7 Å².